The maximum atomic E-state index is 12.4. The van der Waals surface area contributed by atoms with Gasteiger partial charge in [0.1, 0.15) is 0 Å². The Hall–Kier alpha value is -1.73. The molecule has 0 saturated carbocycles. The predicted octanol–water partition coefficient (Wildman–Crippen LogP) is 1.56. The highest BCUT2D eigenvalue weighted by Crippen LogP contribution is 2.36. The molecular formula is C15H19N5OS. The van der Waals surface area contributed by atoms with Crippen molar-refractivity contribution in [1.29, 1.82) is 0 Å². The summed E-state index contributed by atoms with van der Waals surface area (Å²) in [4.78, 5) is 21.4. The Kier molecular flexibility index (Phi) is 3.27. The number of fused-ring (bicyclic) bond motifs is 1. The first-order valence-electron chi connectivity index (χ1n) is 7.57. The molecule has 2 saturated heterocycles. The molecule has 116 valence electrons. The quantitative estimate of drug-likeness (QED) is 0.862. The Morgan fingerprint density at radius 2 is 2.27 bits per heavy atom. The van der Waals surface area contributed by atoms with Crippen LogP contribution in [0.4, 0.5) is 5.69 Å². The molecule has 0 radical (unpaired) electrons. The number of nitrogens with zero attached hydrogens (tertiary/aromatic N) is 5. The van der Waals surface area contributed by atoms with E-state index in [2.05, 4.69) is 20.4 Å². The second kappa shape index (κ2) is 5.17. The number of amides is 1. The van der Waals surface area contributed by atoms with Gasteiger partial charge in [-0.3, -0.25) is 14.4 Å². The van der Waals surface area contributed by atoms with E-state index >= 15 is 0 Å². The summed E-state index contributed by atoms with van der Waals surface area (Å²) < 4.78 is 1.75. The smallest absolute Gasteiger partial charge is 0.229 e. The predicted molar refractivity (Wildman–Crippen MR) is 84.8 cm³/mol. The minimum absolute atomic E-state index is 0.210. The molecule has 2 aromatic heterocycles. The fraction of sp³-hybridized carbons (Fsp3) is 0.533. The first kappa shape index (κ1) is 13.9. The highest BCUT2D eigenvalue weighted by atomic mass is 32.1. The highest BCUT2D eigenvalue weighted by molar-refractivity contribution is 7.09. The van der Waals surface area contributed by atoms with Crippen LogP contribution < -0.4 is 4.90 Å². The van der Waals surface area contributed by atoms with E-state index in [-0.39, 0.29) is 11.9 Å². The Labute approximate surface area is 133 Å². The Morgan fingerprint density at radius 3 is 2.95 bits per heavy atom. The van der Waals surface area contributed by atoms with Gasteiger partial charge in [-0.25, -0.2) is 4.98 Å². The number of carbonyl (C=O) groups is 1. The lowest BCUT2D eigenvalue weighted by atomic mass is 10.1. The fourth-order valence-corrected chi connectivity index (χ4v) is 4.29. The van der Waals surface area contributed by atoms with E-state index < -0.39 is 0 Å². The lowest BCUT2D eigenvalue weighted by molar-refractivity contribution is -0.117. The number of aryl methyl sites for hydroxylation is 2. The molecule has 22 heavy (non-hydrogen) atoms. The third-order valence-corrected chi connectivity index (χ3v) is 5.43. The third-order valence-electron chi connectivity index (χ3n) is 4.61. The van der Waals surface area contributed by atoms with Gasteiger partial charge in [0.25, 0.3) is 0 Å². The van der Waals surface area contributed by atoms with Crippen molar-refractivity contribution in [2.45, 2.75) is 38.4 Å². The van der Waals surface area contributed by atoms with E-state index in [4.69, 9.17) is 0 Å². The van der Waals surface area contributed by atoms with Gasteiger partial charge in [0.2, 0.25) is 5.91 Å². The van der Waals surface area contributed by atoms with E-state index in [1.165, 1.54) is 0 Å². The highest BCUT2D eigenvalue weighted by Gasteiger charge is 2.47. The summed E-state index contributed by atoms with van der Waals surface area (Å²) >= 11 is 1.69. The van der Waals surface area contributed by atoms with Gasteiger partial charge in [0, 0.05) is 44.2 Å². The zero-order valence-electron chi connectivity index (χ0n) is 12.8. The average Bonchev–Trinajstić information content (AvgIpc) is 3.20. The summed E-state index contributed by atoms with van der Waals surface area (Å²) in [5, 5.41) is 7.43. The van der Waals surface area contributed by atoms with Crippen molar-refractivity contribution in [1.82, 2.24) is 19.7 Å². The van der Waals surface area contributed by atoms with Crippen LogP contribution >= 0.6 is 11.3 Å². The molecule has 0 aromatic carbocycles. The number of thiazole rings is 1. The molecule has 0 aliphatic carbocycles. The molecule has 4 heterocycles. The molecule has 2 atom stereocenters. The Balaban J connectivity index is 1.54. The van der Waals surface area contributed by atoms with E-state index in [0.717, 1.165) is 35.9 Å². The van der Waals surface area contributed by atoms with Crippen LogP contribution in [-0.2, 0) is 18.4 Å². The summed E-state index contributed by atoms with van der Waals surface area (Å²) in [6.07, 6.45) is 5.33. The molecule has 6 nitrogen and oxygen atoms in total. The number of hydrogen-bond acceptors (Lipinski definition) is 5. The van der Waals surface area contributed by atoms with Crippen molar-refractivity contribution in [3.8, 4) is 0 Å². The van der Waals surface area contributed by atoms with Crippen LogP contribution in [0, 0.1) is 6.92 Å². The lowest BCUT2D eigenvalue weighted by Crippen LogP contribution is -2.37. The molecule has 4 rings (SSSR count). The van der Waals surface area contributed by atoms with Crippen LogP contribution in [0.3, 0.4) is 0 Å². The van der Waals surface area contributed by atoms with Crippen molar-refractivity contribution >= 4 is 22.9 Å². The molecule has 7 heteroatoms. The number of aromatic nitrogens is 3. The molecule has 0 unspecified atom stereocenters. The van der Waals surface area contributed by atoms with Crippen LogP contribution in [-0.4, -0.2) is 44.2 Å². The normalized spacial score (nSPS) is 25.2. The van der Waals surface area contributed by atoms with Crippen LogP contribution in [0.1, 0.15) is 23.5 Å². The van der Waals surface area contributed by atoms with Gasteiger partial charge in [0.05, 0.1) is 28.6 Å². The number of likely N-dealkylation sites (tertiary alicyclic amines) is 1. The molecule has 2 fully saturated rings. The van der Waals surface area contributed by atoms with E-state index in [0.29, 0.717) is 12.5 Å². The SMILES string of the molecule is Cc1nc(CN2CC[C@@H]3[C@H]2CC(=O)N3c2cnn(C)c2)cs1. The number of carbonyl (C=O) groups excluding carboxylic acids is 1. The number of hydrogen-bond donors (Lipinski definition) is 0. The standard InChI is InChI=1S/C15H19N5OS/c1-10-17-11(9-22-10)7-19-4-3-13-14(19)5-15(21)20(13)12-6-16-18(2)8-12/h6,8-9,13-14H,3-5,7H2,1-2H3/t13-,14-/m1/s1. The molecule has 0 bridgehead atoms. The maximum Gasteiger partial charge on any atom is 0.229 e. The van der Waals surface area contributed by atoms with Crippen molar-refractivity contribution in [3.05, 3.63) is 28.5 Å². The van der Waals surface area contributed by atoms with Crippen molar-refractivity contribution in [2.75, 3.05) is 11.4 Å². The van der Waals surface area contributed by atoms with Crippen molar-refractivity contribution in [2.24, 2.45) is 7.05 Å². The van der Waals surface area contributed by atoms with Gasteiger partial charge in [0.15, 0.2) is 0 Å². The summed E-state index contributed by atoms with van der Waals surface area (Å²) in [5.74, 6) is 0.210. The molecule has 0 N–H and O–H groups in total. The average molecular weight is 317 g/mol. The Morgan fingerprint density at radius 1 is 1.41 bits per heavy atom. The number of rotatable bonds is 3. The fourth-order valence-electron chi connectivity index (χ4n) is 3.68. The van der Waals surface area contributed by atoms with Crippen LogP contribution in [0.25, 0.3) is 0 Å². The van der Waals surface area contributed by atoms with Gasteiger partial charge in [-0.15, -0.1) is 11.3 Å². The summed E-state index contributed by atoms with van der Waals surface area (Å²) in [5.41, 5.74) is 2.04. The van der Waals surface area contributed by atoms with E-state index in [9.17, 15) is 4.79 Å². The van der Waals surface area contributed by atoms with E-state index in [1.54, 1.807) is 22.2 Å². The van der Waals surface area contributed by atoms with Crippen LogP contribution in [0.5, 0.6) is 0 Å². The Bertz CT molecular complexity index is 708. The topological polar surface area (TPSA) is 54.3 Å². The van der Waals surface area contributed by atoms with Gasteiger partial charge in [-0.1, -0.05) is 0 Å². The molecule has 2 aliphatic heterocycles. The summed E-state index contributed by atoms with van der Waals surface area (Å²) in [7, 11) is 1.88. The second-order valence-electron chi connectivity index (χ2n) is 6.09. The largest absolute Gasteiger partial charge is 0.305 e. The van der Waals surface area contributed by atoms with Crippen molar-refractivity contribution < 1.29 is 4.79 Å². The lowest BCUT2D eigenvalue weighted by Gasteiger charge is -2.24. The maximum absolute atomic E-state index is 12.4. The minimum Gasteiger partial charge on any atom is -0.305 e. The van der Waals surface area contributed by atoms with E-state index in [1.807, 2.05) is 25.1 Å². The van der Waals surface area contributed by atoms with Gasteiger partial charge in [-0.2, -0.15) is 5.10 Å². The first-order valence-corrected chi connectivity index (χ1v) is 8.45. The second-order valence-corrected chi connectivity index (χ2v) is 7.15. The number of anilines is 1. The van der Waals surface area contributed by atoms with Crippen molar-refractivity contribution in [3.63, 3.8) is 0 Å². The molecule has 2 aliphatic rings. The zero-order valence-corrected chi connectivity index (χ0v) is 13.6. The summed E-state index contributed by atoms with van der Waals surface area (Å²) in [6, 6.07) is 0.575. The summed E-state index contributed by atoms with van der Waals surface area (Å²) in [6.45, 7) is 3.90. The van der Waals surface area contributed by atoms with Gasteiger partial charge >= 0.3 is 0 Å². The molecule has 2 aromatic rings. The molecular weight excluding hydrogens is 298 g/mol. The first-order chi connectivity index (χ1) is 10.6. The van der Waals surface area contributed by atoms with Crippen LogP contribution in [0.2, 0.25) is 0 Å². The van der Waals surface area contributed by atoms with Crippen LogP contribution in [0.15, 0.2) is 17.8 Å². The zero-order chi connectivity index (χ0) is 15.3. The van der Waals surface area contributed by atoms with Gasteiger partial charge < -0.3 is 4.90 Å². The molecule has 1 amide bonds. The minimum atomic E-state index is 0.210. The third kappa shape index (κ3) is 2.24. The monoisotopic (exact) mass is 317 g/mol. The van der Waals surface area contributed by atoms with Gasteiger partial charge in [-0.05, 0) is 13.3 Å². The molecule has 0 spiro atoms.